The molecule has 6 nitrogen and oxygen atoms in total. The highest BCUT2D eigenvalue weighted by Crippen LogP contribution is 2.32. The highest BCUT2D eigenvalue weighted by molar-refractivity contribution is 6.10. The summed E-state index contributed by atoms with van der Waals surface area (Å²) >= 11 is 0. The third kappa shape index (κ3) is 7.11. The summed E-state index contributed by atoms with van der Waals surface area (Å²) < 4.78 is 12.2. The van der Waals surface area contributed by atoms with Crippen LogP contribution >= 0.6 is 0 Å². The quantitative estimate of drug-likeness (QED) is 0.180. The monoisotopic (exact) mass is 566 g/mol. The molecule has 0 aliphatic rings. The Morgan fingerprint density at radius 1 is 0.571 bits per heavy atom. The number of nitrogens with one attached hydrogen (secondary N) is 2. The zero-order valence-electron chi connectivity index (χ0n) is 25.4. The Balaban J connectivity index is 1.48. The molecule has 42 heavy (non-hydrogen) atoms. The molecule has 4 aromatic rings. The summed E-state index contributed by atoms with van der Waals surface area (Å²) in [6, 6.07) is 27.0. The molecule has 6 heteroatoms. The van der Waals surface area contributed by atoms with E-state index in [9.17, 15) is 9.59 Å². The van der Waals surface area contributed by atoms with Gasteiger partial charge in [-0.05, 0) is 73.9 Å². The summed E-state index contributed by atoms with van der Waals surface area (Å²) in [5, 5.41) is 7.67. The van der Waals surface area contributed by atoms with Crippen molar-refractivity contribution in [3.05, 3.63) is 96.1 Å². The Labute approximate surface area is 249 Å². The SMILES string of the molecule is CCC(C)c1ccccc1OC(C)C(=O)Nc1cccc2c(NC(=O)C(C)Oc3ccccc3C(C)CC)cccc12. The highest BCUT2D eigenvalue weighted by atomic mass is 16.5. The van der Waals surface area contributed by atoms with E-state index in [0.29, 0.717) is 23.2 Å². The van der Waals surface area contributed by atoms with Crippen molar-refractivity contribution in [3.8, 4) is 11.5 Å². The molecule has 2 amide bonds. The lowest BCUT2D eigenvalue weighted by Crippen LogP contribution is -2.31. The van der Waals surface area contributed by atoms with E-state index in [1.165, 1.54) is 0 Å². The predicted molar refractivity (Wildman–Crippen MR) is 172 cm³/mol. The summed E-state index contributed by atoms with van der Waals surface area (Å²) in [7, 11) is 0. The smallest absolute Gasteiger partial charge is 0.265 e. The van der Waals surface area contributed by atoms with Gasteiger partial charge in [0.25, 0.3) is 11.8 Å². The van der Waals surface area contributed by atoms with Gasteiger partial charge in [0.2, 0.25) is 0 Å². The van der Waals surface area contributed by atoms with Gasteiger partial charge in [-0.25, -0.2) is 0 Å². The van der Waals surface area contributed by atoms with Crippen LogP contribution in [0.5, 0.6) is 11.5 Å². The fraction of sp³-hybridized carbons (Fsp3) is 0.333. The van der Waals surface area contributed by atoms with Crippen molar-refractivity contribution in [1.82, 2.24) is 0 Å². The van der Waals surface area contributed by atoms with Crippen LogP contribution in [0, 0.1) is 0 Å². The standard InChI is InChI=1S/C36H42N2O4/c1-7-23(3)27-15-9-11-21-33(27)41-25(5)35(39)37-31-19-13-18-30-29(31)17-14-20-32(30)38-36(40)26(6)42-34-22-12-10-16-28(34)24(4)8-2/h9-26H,7-8H2,1-6H3,(H,37,39)(H,38,40). The minimum Gasteiger partial charge on any atom is -0.481 e. The van der Waals surface area contributed by atoms with E-state index in [4.69, 9.17) is 9.47 Å². The van der Waals surface area contributed by atoms with Crippen LogP contribution in [0.25, 0.3) is 10.8 Å². The molecule has 0 aliphatic heterocycles. The molecule has 4 atom stereocenters. The van der Waals surface area contributed by atoms with Gasteiger partial charge in [-0.15, -0.1) is 0 Å². The Morgan fingerprint density at radius 2 is 0.952 bits per heavy atom. The summed E-state index contributed by atoms with van der Waals surface area (Å²) in [5.41, 5.74) is 3.47. The lowest BCUT2D eigenvalue weighted by atomic mass is 9.98. The summed E-state index contributed by atoms with van der Waals surface area (Å²) in [6.45, 7) is 12.1. The first kappa shape index (κ1) is 30.6. The van der Waals surface area contributed by atoms with E-state index in [1.807, 2.05) is 84.9 Å². The van der Waals surface area contributed by atoms with Crippen molar-refractivity contribution in [2.75, 3.05) is 10.6 Å². The van der Waals surface area contributed by atoms with Crippen LogP contribution in [0.4, 0.5) is 11.4 Å². The van der Waals surface area contributed by atoms with Crippen molar-refractivity contribution in [3.63, 3.8) is 0 Å². The predicted octanol–water partition coefficient (Wildman–Crippen LogP) is 8.68. The third-order valence-corrected chi connectivity index (χ3v) is 7.91. The maximum absolute atomic E-state index is 13.2. The third-order valence-electron chi connectivity index (χ3n) is 7.91. The number of amides is 2. The lowest BCUT2D eigenvalue weighted by molar-refractivity contribution is -0.122. The van der Waals surface area contributed by atoms with Crippen molar-refractivity contribution >= 4 is 34.0 Å². The molecule has 0 saturated carbocycles. The Kier molecular flexibility index (Phi) is 10.2. The first-order valence-corrected chi connectivity index (χ1v) is 14.9. The summed E-state index contributed by atoms with van der Waals surface area (Å²) in [5.74, 6) is 1.59. The zero-order valence-corrected chi connectivity index (χ0v) is 25.4. The second kappa shape index (κ2) is 14.0. The first-order valence-electron chi connectivity index (χ1n) is 14.9. The van der Waals surface area contributed by atoms with E-state index in [1.54, 1.807) is 13.8 Å². The number of carbonyl (C=O) groups excluding carboxylic acids is 2. The Morgan fingerprint density at radius 3 is 1.33 bits per heavy atom. The molecule has 0 aliphatic carbocycles. The van der Waals surface area contributed by atoms with Gasteiger partial charge < -0.3 is 20.1 Å². The molecule has 0 radical (unpaired) electrons. The highest BCUT2D eigenvalue weighted by Gasteiger charge is 2.21. The molecular formula is C36H42N2O4. The second-order valence-corrected chi connectivity index (χ2v) is 10.9. The van der Waals surface area contributed by atoms with E-state index >= 15 is 0 Å². The molecule has 220 valence electrons. The van der Waals surface area contributed by atoms with E-state index in [-0.39, 0.29) is 11.8 Å². The van der Waals surface area contributed by atoms with Crippen molar-refractivity contribution in [2.45, 2.75) is 78.4 Å². The average molecular weight is 567 g/mol. The topological polar surface area (TPSA) is 76.7 Å². The molecule has 0 aromatic heterocycles. The minimum atomic E-state index is -0.704. The van der Waals surface area contributed by atoms with Crippen LogP contribution in [0.3, 0.4) is 0 Å². The van der Waals surface area contributed by atoms with Gasteiger partial charge in [0.15, 0.2) is 12.2 Å². The molecule has 2 N–H and O–H groups in total. The van der Waals surface area contributed by atoms with Crippen molar-refractivity contribution < 1.29 is 19.1 Å². The number of ether oxygens (including phenoxy) is 2. The number of fused-ring (bicyclic) bond motifs is 1. The van der Waals surface area contributed by atoms with Gasteiger partial charge >= 0.3 is 0 Å². The van der Waals surface area contributed by atoms with Crippen LogP contribution in [-0.2, 0) is 9.59 Å². The zero-order chi connectivity index (χ0) is 30.2. The van der Waals surface area contributed by atoms with Crippen LogP contribution < -0.4 is 20.1 Å². The maximum Gasteiger partial charge on any atom is 0.265 e. The maximum atomic E-state index is 13.2. The fourth-order valence-electron chi connectivity index (χ4n) is 4.91. The normalized spacial score (nSPS) is 14.0. The fourth-order valence-corrected chi connectivity index (χ4v) is 4.91. The Bertz CT molecular complexity index is 1420. The Hall–Kier alpha value is -4.32. The van der Waals surface area contributed by atoms with Crippen LogP contribution in [0.2, 0.25) is 0 Å². The number of benzene rings is 4. The summed E-state index contributed by atoms with van der Waals surface area (Å²) in [4.78, 5) is 26.4. The van der Waals surface area contributed by atoms with E-state index in [0.717, 1.165) is 46.2 Å². The second-order valence-electron chi connectivity index (χ2n) is 10.9. The lowest BCUT2D eigenvalue weighted by Gasteiger charge is -2.21. The minimum absolute atomic E-state index is 0.252. The van der Waals surface area contributed by atoms with Gasteiger partial charge in [0, 0.05) is 22.1 Å². The number of hydrogen-bond donors (Lipinski definition) is 2. The molecular weight excluding hydrogens is 524 g/mol. The number of hydrogen-bond acceptors (Lipinski definition) is 4. The molecule has 0 saturated heterocycles. The van der Waals surface area contributed by atoms with Gasteiger partial charge in [-0.1, -0.05) is 88.4 Å². The van der Waals surface area contributed by atoms with Crippen LogP contribution in [0.1, 0.15) is 77.3 Å². The van der Waals surface area contributed by atoms with Crippen molar-refractivity contribution in [2.24, 2.45) is 0 Å². The molecule has 4 unspecified atom stereocenters. The largest absolute Gasteiger partial charge is 0.481 e. The number of carbonyl (C=O) groups is 2. The molecule has 0 fully saturated rings. The number of anilines is 2. The van der Waals surface area contributed by atoms with Crippen LogP contribution in [0.15, 0.2) is 84.9 Å². The van der Waals surface area contributed by atoms with E-state index in [2.05, 4.69) is 38.3 Å². The first-order chi connectivity index (χ1) is 20.2. The van der Waals surface area contributed by atoms with Gasteiger partial charge in [0.1, 0.15) is 11.5 Å². The number of para-hydroxylation sites is 2. The van der Waals surface area contributed by atoms with Gasteiger partial charge in [0.05, 0.1) is 0 Å². The van der Waals surface area contributed by atoms with Crippen molar-refractivity contribution in [1.29, 1.82) is 0 Å². The summed E-state index contributed by atoms with van der Waals surface area (Å²) in [6.07, 6.45) is 0.548. The van der Waals surface area contributed by atoms with Crippen LogP contribution in [-0.4, -0.2) is 24.0 Å². The average Bonchev–Trinajstić information content (AvgIpc) is 3.01. The van der Waals surface area contributed by atoms with Gasteiger partial charge in [-0.3, -0.25) is 9.59 Å². The molecule has 0 bridgehead atoms. The number of rotatable bonds is 12. The molecule has 4 rings (SSSR count). The van der Waals surface area contributed by atoms with Gasteiger partial charge in [-0.2, -0.15) is 0 Å². The molecule has 0 heterocycles. The molecule has 0 spiro atoms. The van der Waals surface area contributed by atoms with E-state index < -0.39 is 12.2 Å². The molecule has 4 aromatic carbocycles.